The molecule has 0 aliphatic carbocycles. The van der Waals surface area contributed by atoms with E-state index >= 15 is 0 Å². The number of alkyl halides is 1. The van der Waals surface area contributed by atoms with Crippen molar-refractivity contribution in [3.8, 4) is 0 Å². The van der Waals surface area contributed by atoms with Gasteiger partial charge in [0.05, 0.1) is 42.3 Å². The molecule has 218 valence electrons. The van der Waals surface area contributed by atoms with Crippen molar-refractivity contribution in [3.05, 3.63) is 83.3 Å². The van der Waals surface area contributed by atoms with Gasteiger partial charge >= 0.3 is 0 Å². The van der Waals surface area contributed by atoms with Gasteiger partial charge in [-0.15, -0.1) is 0 Å². The molecule has 2 amide bonds. The number of likely N-dealkylation sites (tertiary alicyclic amines) is 1. The molecule has 3 atom stereocenters. The lowest BCUT2D eigenvalue weighted by Gasteiger charge is -2.26. The van der Waals surface area contributed by atoms with Gasteiger partial charge in [-0.3, -0.25) is 14.4 Å². The minimum atomic E-state index is -1.45. The third-order valence-electron chi connectivity index (χ3n) is 7.14. The summed E-state index contributed by atoms with van der Waals surface area (Å²) < 4.78 is 30.7. The number of aliphatic hydroxyl groups is 1. The number of hydrogen-bond acceptors (Lipinski definition) is 7. The maximum atomic E-state index is 14.6. The highest BCUT2D eigenvalue weighted by Gasteiger charge is 2.40. The molecular weight excluding hydrogens is 570 g/mol. The highest BCUT2D eigenvalue weighted by Crippen LogP contribution is 2.29. The van der Waals surface area contributed by atoms with Crippen LogP contribution in [-0.4, -0.2) is 67.5 Å². The minimum absolute atomic E-state index is 0.0322. The van der Waals surface area contributed by atoms with Gasteiger partial charge in [0, 0.05) is 40.3 Å². The molecule has 3 N–H and O–H groups in total. The standard InChI is InChI=1S/C29H27ClF2N6O4/c1-16(40)22-12-37(25-6-5-18(8-21(22)25)35-19-9-33-15-34-10-19)13-27(41)38-11-17(31)7-26(38)29(42)36-24(14-39)20-3-2-4-23(30)28(20)32/h2-6,8-10,12,15,17,24,26,35,39H,7,11,13-14H2,1H3,(H,36,42)/t17-,24+,26+/m1/s1. The molecule has 13 heteroatoms. The first kappa shape index (κ1) is 29.1. The van der Waals surface area contributed by atoms with Gasteiger partial charge in [0.25, 0.3) is 0 Å². The number of carbonyl (C=O) groups excluding carboxylic acids is 3. The number of fused-ring (bicyclic) bond motifs is 1. The number of benzene rings is 2. The molecule has 0 spiro atoms. The Labute approximate surface area is 244 Å². The fourth-order valence-electron chi connectivity index (χ4n) is 5.14. The number of rotatable bonds is 9. The van der Waals surface area contributed by atoms with Crippen LogP contribution in [0.25, 0.3) is 10.9 Å². The topological polar surface area (TPSA) is 129 Å². The van der Waals surface area contributed by atoms with Crippen LogP contribution >= 0.6 is 11.6 Å². The molecule has 1 aliphatic rings. The van der Waals surface area contributed by atoms with E-state index in [0.29, 0.717) is 27.8 Å². The molecule has 42 heavy (non-hydrogen) atoms. The summed E-state index contributed by atoms with van der Waals surface area (Å²) >= 11 is 5.84. The number of ketones is 1. The Morgan fingerprint density at radius 2 is 1.93 bits per heavy atom. The van der Waals surface area contributed by atoms with Gasteiger partial charge in [0.2, 0.25) is 11.8 Å². The zero-order valence-corrected chi connectivity index (χ0v) is 23.2. The van der Waals surface area contributed by atoms with Crippen LogP contribution < -0.4 is 10.6 Å². The molecule has 10 nitrogen and oxygen atoms in total. The Morgan fingerprint density at radius 3 is 2.64 bits per heavy atom. The first-order valence-electron chi connectivity index (χ1n) is 13.1. The largest absolute Gasteiger partial charge is 0.394 e. The van der Waals surface area contributed by atoms with Crippen molar-refractivity contribution in [1.29, 1.82) is 0 Å². The summed E-state index contributed by atoms with van der Waals surface area (Å²) in [5, 5.41) is 15.9. The van der Waals surface area contributed by atoms with Gasteiger partial charge < -0.3 is 25.2 Å². The van der Waals surface area contributed by atoms with E-state index in [-0.39, 0.29) is 35.9 Å². The van der Waals surface area contributed by atoms with Crippen LogP contribution in [-0.2, 0) is 16.1 Å². The number of nitrogens with zero attached hydrogens (tertiary/aromatic N) is 4. The quantitative estimate of drug-likeness (QED) is 0.249. The number of amides is 2. The summed E-state index contributed by atoms with van der Waals surface area (Å²) in [6.45, 7) is 0.213. The fraction of sp³-hybridized carbons (Fsp3) is 0.276. The highest BCUT2D eigenvalue weighted by atomic mass is 35.5. The molecule has 2 aromatic heterocycles. The second-order valence-electron chi connectivity index (χ2n) is 9.99. The monoisotopic (exact) mass is 596 g/mol. The molecule has 5 rings (SSSR count). The summed E-state index contributed by atoms with van der Waals surface area (Å²) in [7, 11) is 0. The van der Waals surface area contributed by atoms with E-state index in [0.717, 1.165) is 4.90 Å². The highest BCUT2D eigenvalue weighted by molar-refractivity contribution is 6.30. The zero-order valence-electron chi connectivity index (χ0n) is 22.4. The molecule has 0 saturated carbocycles. The van der Waals surface area contributed by atoms with Gasteiger partial charge in [0.15, 0.2) is 5.78 Å². The van der Waals surface area contributed by atoms with E-state index < -0.39 is 42.5 Å². The maximum Gasteiger partial charge on any atom is 0.243 e. The molecule has 1 aliphatic heterocycles. The lowest BCUT2D eigenvalue weighted by atomic mass is 10.1. The molecule has 0 radical (unpaired) electrons. The molecule has 1 saturated heterocycles. The van der Waals surface area contributed by atoms with Crippen LogP contribution in [0.3, 0.4) is 0 Å². The summed E-state index contributed by atoms with van der Waals surface area (Å²) in [4.78, 5) is 48.2. The Balaban J connectivity index is 1.36. The maximum absolute atomic E-state index is 14.6. The molecule has 3 heterocycles. The summed E-state index contributed by atoms with van der Waals surface area (Å²) in [5.74, 6) is -2.28. The molecule has 0 bridgehead atoms. The molecule has 2 aromatic carbocycles. The number of nitrogens with one attached hydrogen (secondary N) is 2. The van der Waals surface area contributed by atoms with Crippen molar-refractivity contribution in [2.75, 3.05) is 18.5 Å². The van der Waals surface area contributed by atoms with Gasteiger partial charge in [-0.2, -0.15) is 0 Å². The van der Waals surface area contributed by atoms with Gasteiger partial charge in [-0.1, -0.05) is 23.7 Å². The van der Waals surface area contributed by atoms with Gasteiger partial charge in [-0.25, -0.2) is 18.7 Å². The van der Waals surface area contributed by atoms with Crippen molar-refractivity contribution in [2.45, 2.75) is 38.1 Å². The molecule has 1 fully saturated rings. The fourth-order valence-corrected chi connectivity index (χ4v) is 5.32. The Hall–Kier alpha value is -4.42. The lowest BCUT2D eigenvalue weighted by Crippen LogP contribution is -2.48. The normalized spacial score (nSPS) is 17.3. The third-order valence-corrected chi connectivity index (χ3v) is 7.44. The van der Waals surface area contributed by atoms with Crippen molar-refractivity contribution < 1.29 is 28.3 Å². The predicted molar refractivity (Wildman–Crippen MR) is 152 cm³/mol. The predicted octanol–water partition coefficient (Wildman–Crippen LogP) is 3.96. The number of hydrogen-bond donors (Lipinski definition) is 3. The van der Waals surface area contributed by atoms with Crippen LogP contribution in [0.2, 0.25) is 5.02 Å². The lowest BCUT2D eigenvalue weighted by molar-refractivity contribution is -0.139. The molecule has 4 aromatic rings. The van der Waals surface area contributed by atoms with Crippen molar-refractivity contribution in [2.24, 2.45) is 0 Å². The minimum Gasteiger partial charge on any atom is -0.394 e. The summed E-state index contributed by atoms with van der Waals surface area (Å²) in [5.41, 5.74) is 2.28. The third kappa shape index (κ3) is 5.95. The van der Waals surface area contributed by atoms with Crippen molar-refractivity contribution in [3.63, 3.8) is 0 Å². The van der Waals surface area contributed by atoms with E-state index in [1.165, 1.54) is 31.5 Å². The van der Waals surface area contributed by atoms with Crippen molar-refractivity contribution in [1.82, 2.24) is 24.8 Å². The molecule has 0 unspecified atom stereocenters. The Bertz CT molecular complexity index is 1650. The van der Waals surface area contributed by atoms with Gasteiger partial charge in [-0.05, 0) is 31.2 Å². The second kappa shape index (κ2) is 12.2. The average molecular weight is 597 g/mol. The Morgan fingerprint density at radius 1 is 1.17 bits per heavy atom. The number of carbonyl (C=O) groups is 3. The smallest absolute Gasteiger partial charge is 0.243 e. The van der Waals surface area contributed by atoms with E-state index in [9.17, 15) is 28.3 Å². The second-order valence-corrected chi connectivity index (χ2v) is 10.4. The number of aromatic nitrogens is 3. The number of aliphatic hydroxyl groups excluding tert-OH is 1. The zero-order chi connectivity index (χ0) is 30.0. The SMILES string of the molecule is CC(=O)c1cn(CC(=O)N2C[C@H](F)C[C@H]2C(=O)N[C@@H](CO)c2cccc(Cl)c2F)c2ccc(Nc3cncnc3)cc12. The summed E-state index contributed by atoms with van der Waals surface area (Å²) in [6.07, 6.45) is 4.46. The summed E-state index contributed by atoms with van der Waals surface area (Å²) in [6, 6.07) is 7.14. The Kier molecular flexibility index (Phi) is 8.46. The number of anilines is 2. The van der Waals surface area contributed by atoms with Crippen LogP contribution in [0.15, 0.2) is 61.3 Å². The van der Waals surface area contributed by atoms with Crippen molar-refractivity contribution >= 4 is 51.5 Å². The van der Waals surface area contributed by atoms with E-state index in [2.05, 4.69) is 20.6 Å². The van der Waals surface area contributed by atoms with Gasteiger partial charge in [0.1, 0.15) is 30.9 Å². The molecular formula is C29H27ClF2N6O4. The number of Topliss-reactive ketones (excluding diaryl/α,β-unsaturated/α-hetero) is 1. The van der Waals surface area contributed by atoms with E-state index in [1.807, 2.05) is 0 Å². The first-order valence-corrected chi connectivity index (χ1v) is 13.5. The average Bonchev–Trinajstić information content (AvgIpc) is 3.54. The van der Waals surface area contributed by atoms with Crippen LogP contribution in [0, 0.1) is 5.82 Å². The van der Waals surface area contributed by atoms with Crippen LogP contribution in [0.4, 0.5) is 20.2 Å². The van der Waals surface area contributed by atoms with Crippen LogP contribution in [0.1, 0.15) is 35.3 Å². The first-order chi connectivity index (χ1) is 20.2. The van der Waals surface area contributed by atoms with E-state index in [4.69, 9.17) is 11.6 Å². The van der Waals surface area contributed by atoms with Crippen LogP contribution in [0.5, 0.6) is 0 Å². The van der Waals surface area contributed by atoms with E-state index in [1.54, 1.807) is 41.4 Å². The number of halogens is 3.